The van der Waals surface area contributed by atoms with Crippen molar-refractivity contribution in [1.29, 1.82) is 0 Å². The van der Waals surface area contributed by atoms with Gasteiger partial charge >= 0.3 is 0 Å². The first-order valence-corrected chi connectivity index (χ1v) is 11.3. The topological polar surface area (TPSA) is 79.7 Å². The van der Waals surface area contributed by atoms with E-state index in [4.69, 9.17) is 4.74 Å². The second kappa shape index (κ2) is 7.73. The Morgan fingerprint density at radius 1 is 1.09 bits per heavy atom. The number of carbonyl (C=O) groups is 1. The Kier molecular flexibility index (Phi) is 4.77. The molecule has 1 N–H and O–H groups in total. The summed E-state index contributed by atoms with van der Waals surface area (Å²) in [6.07, 6.45) is 3.24. The van der Waals surface area contributed by atoms with Gasteiger partial charge in [-0.2, -0.15) is 0 Å². The molecule has 7 nitrogen and oxygen atoms in total. The van der Waals surface area contributed by atoms with Gasteiger partial charge in [-0.25, -0.2) is 13.8 Å². The summed E-state index contributed by atoms with van der Waals surface area (Å²) >= 11 is 0. The summed E-state index contributed by atoms with van der Waals surface area (Å²) in [6, 6.07) is 5.68. The Morgan fingerprint density at radius 3 is 2.44 bits per heavy atom. The third-order valence-electron chi connectivity index (χ3n) is 6.97. The highest BCUT2D eigenvalue weighted by Gasteiger charge is 2.30. The first-order valence-electron chi connectivity index (χ1n) is 11.3. The molecule has 9 heteroatoms. The number of amides is 1. The molecule has 0 spiro atoms. The molecule has 1 fully saturated rings. The zero-order valence-electron chi connectivity index (χ0n) is 18.5. The Hall–Kier alpha value is -3.59. The number of ether oxygens (including phenoxy) is 1. The van der Waals surface area contributed by atoms with E-state index in [1.54, 1.807) is 12.3 Å². The van der Waals surface area contributed by atoms with Crippen molar-refractivity contribution in [2.75, 3.05) is 13.2 Å². The zero-order chi connectivity index (χ0) is 23.6. The predicted molar refractivity (Wildman–Crippen MR) is 121 cm³/mol. The van der Waals surface area contributed by atoms with Gasteiger partial charge in [-0.3, -0.25) is 14.0 Å². The van der Waals surface area contributed by atoms with E-state index >= 15 is 0 Å². The van der Waals surface area contributed by atoms with Crippen LogP contribution in [0, 0.1) is 18.6 Å². The van der Waals surface area contributed by atoms with Gasteiger partial charge in [0.1, 0.15) is 23.0 Å². The highest BCUT2D eigenvalue weighted by molar-refractivity contribution is 5.99. The Morgan fingerprint density at radius 2 is 1.76 bits per heavy atom. The van der Waals surface area contributed by atoms with Crippen LogP contribution in [0.25, 0.3) is 16.6 Å². The molecule has 2 aliphatic rings. The fraction of sp³-hybridized carbons (Fsp3) is 0.320. The van der Waals surface area contributed by atoms with Gasteiger partial charge in [0.25, 0.3) is 11.5 Å². The number of fused-ring (bicyclic) bond motifs is 4. The van der Waals surface area contributed by atoms with Crippen LogP contribution >= 0.6 is 0 Å². The van der Waals surface area contributed by atoms with Crippen molar-refractivity contribution in [3.63, 3.8) is 0 Å². The third kappa shape index (κ3) is 3.14. The van der Waals surface area contributed by atoms with Crippen molar-refractivity contribution in [3.05, 3.63) is 80.5 Å². The van der Waals surface area contributed by atoms with Crippen LogP contribution in [-0.2, 0) is 17.8 Å². The van der Waals surface area contributed by atoms with Crippen LogP contribution in [0.2, 0.25) is 0 Å². The highest BCUT2D eigenvalue weighted by atomic mass is 19.1. The first-order chi connectivity index (χ1) is 16.4. The molecule has 34 heavy (non-hydrogen) atoms. The Balaban J connectivity index is 1.44. The van der Waals surface area contributed by atoms with E-state index in [0.717, 1.165) is 36.3 Å². The number of hydrogen-bond donors (Lipinski definition) is 1. The number of halogens is 2. The van der Waals surface area contributed by atoms with Gasteiger partial charge in [0, 0.05) is 48.9 Å². The number of nitrogens with one attached hydrogen (secondary N) is 1. The SMILES string of the molecule is Cc1cc2c(cc1C(=O)N1Cc3c(F)ccc(F)c3C1)[nH]c(=O)c1cnc(C3CCOCC3)n12. The standard InChI is InChI=1S/C25H22F2N4O3/c1-13-8-21-20(29-24(32)22-10-28-23(31(21)22)14-4-6-34-7-5-14)9-15(13)25(33)30-11-16-17(12-30)19(27)3-2-18(16)26/h2-3,8-10,14H,4-7,11-12H2,1H3,(H,29,32). The van der Waals surface area contributed by atoms with Crippen molar-refractivity contribution in [2.45, 2.75) is 38.8 Å². The summed E-state index contributed by atoms with van der Waals surface area (Å²) < 4.78 is 35.7. The van der Waals surface area contributed by atoms with Crippen molar-refractivity contribution in [2.24, 2.45) is 0 Å². The number of nitrogens with zero attached hydrogens (tertiary/aromatic N) is 3. The Bertz CT molecular complexity index is 1500. The fourth-order valence-electron chi connectivity index (χ4n) is 5.15. The molecule has 0 unspecified atom stereocenters. The average molecular weight is 464 g/mol. The van der Waals surface area contributed by atoms with Crippen molar-refractivity contribution in [3.8, 4) is 0 Å². The molecule has 4 aromatic rings. The number of aromatic nitrogens is 3. The van der Waals surface area contributed by atoms with E-state index < -0.39 is 11.6 Å². The predicted octanol–water partition coefficient (Wildman–Crippen LogP) is 3.81. The molecule has 2 aromatic heterocycles. The smallest absolute Gasteiger partial charge is 0.274 e. The molecule has 0 atom stereocenters. The molecule has 2 aliphatic heterocycles. The third-order valence-corrected chi connectivity index (χ3v) is 6.97. The number of imidazole rings is 1. The number of H-pyrrole nitrogens is 1. The minimum atomic E-state index is -0.519. The molecule has 0 saturated carbocycles. The molecule has 4 heterocycles. The molecule has 0 bridgehead atoms. The zero-order valence-corrected chi connectivity index (χ0v) is 18.5. The van der Waals surface area contributed by atoms with Crippen LogP contribution in [0.3, 0.4) is 0 Å². The molecule has 0 aliphatic carbocycles. The maximum Gasteiger partial charge on any atom is 0.274 e. The quantitative estimate of drug-likeness (QED) is 0.489. The number of aromatic amines is 1. The number of benzene rings is 2. The minimum absolute atomic E-state index is 0.000210. The van der Waals surface area contributed by atoms with Crippen molar-refractivity contribution < 1.29 is 18.3 Å². The molecule has 174 valence electrons. The van der Waals surface area contributed by atoms with Gasteiger partial charge in [0.05, 0.1) is 17.2 Å². The van der Waals surface area contributed by atoms with Crippen molar-refractivity contribution >= 4 is 22.5 Å². The monoisotopic (exact) mass is 464 g/mol. The van der Waals surface area contributed by atoms with Gasteiger partial charge in [0.2, 0.25) is 0 Å². The van der Waals surface area contributed by atoms with Gasteiger partial charge in [0.15, 0.2) is 0 Å². The van der Waals surface area contributed by atoms with Gasteiger partial charge in [-0.05, 0) is 49.6 Å². The number of hydrogen-bond acceptors (Lipinski definition) is 4. The second-order valence-electron chi connectivity index (χ2n) is 9.01. The fourth-order valence-corrected chi connectivity index (χ4v) is 5.15. The lowest BCUT2D eigenvalue weighted by atomic mass is 9.99. The Labute approximate surface area is 193 Å². The van der Waals surface area contributed by atoms with E-state index in [0.29, 0.717) is 35.4 Å². The normalized spacial score (nSPS) is 16.5. The number of aryl methyl sites for hydroxylation is 1. The van der Waals surface area contributed by atoms with E-state index in [1.807, 2.05) is 17.4 Å². The lowest BCUT2D eigenvalue weighted by Gasteiger charge is -2.22. The minimum Gasteiger partial charge on any atom is -0.381 e. The van der Waals surface area contributed by atoms with E-state index in [1.165, 1.54) is 4.90 Å². The van der Waals surface area contributed by atoms with Crippen LogP contribution in [0.4, 0.5) is 8.78 Å². The molecule has 1 amide bonds. The number of rotatable bonds is 2. The molecule has 0 radical (unpaired) electrons. The lowest BCUT2D eigenvalue weighted by Crippen LogP contribution is -2.26. The molecular formula is C25H22F2N4O3. The summed E-state index contributed by atoms with van der Waals surface area (Å²) in [7, 11) is 0. The van der Waals surface area contributed by atoms with E-state index in [2.05, 4.69) is 9.97 Å². The first kappa shape index (κ1) is 21.0. The average Bonchev–Trinajstić information content (AvgIpc) is 3.49. The molecular weight excluding hydrogens is 442 g/mol. The van der Waals surface area contributed by atoms with Crippen LogP contribution in [0.1, 0.15) is 51.6 Å². The maximum atomic E-state index is 14.2. The van der Waals surface area contributed by atoms with Gasteiger partial charge in [-0.15, -0.1) is 0 Å². The van der Waals surface area contributed by atoms with Gasteiger partial charge in [-0.1, -0.05) is 0 Å². The molecule has 1 saturated heterocycles. The largest absolute Gasteiger partial charge is 0.381 e. The van der Waals surface area contributed by atoms with Gasteiger partial charge < -0.3 is 14.6 Å². The van der Waals surface area contributed by atoms with Crippen LogP contribution in [0.5, 0.6) is 0 Å². The summed E-state index contributed by atoms with van der Waals surface area (Å²) in [4.78, 5) is 35.0. The van der Waals surface area contributed by atoms with Crippen molar-refractivity contribution in [1.82, 2.24) is 19.3 Å². The summed E-state index contributed by atoms with van der Waals surface area (Å²) in [5.74, 6) is -0.390. The van der Waals surface area contributed by atoms with Crippen LogP contribution < -0.4 is 5.56 Å². The lowest BCUT2D eigenvalue weighted by molar-refractivity contribution is 0.0749. The summed E-state index contributed by atoms with van der Waals surface area (Å²) in [5, 5.41) is 0. The summed E-state index contributed by atoms with van der Waals surface area (Å²) in [6.45, 7) is 3.12. The molecule has 2 aromatic carbocycles. The number of carbonyl (C=O) groups excluding carboxylic acids is 1. The second-order valence-corrected chi connectivity index (χ2v) is 9.01. The van der Waals surface area contributed by atoms with E-state index in [-0.39, 0.29) is 41.6 Å². The van der Waals surface area contributed by atoms with Crippen LogP contribution in [-0.4, -0.2) is 38.4 Å². The van der Waals surface area contributed by atoms with Crippen LogP contribution in [0.15, 0.2) is 35.3 Å². The maximum absolute atomic E-state index is 14.2. The highest BCUT2D eigenvalue weighted by Crippen LogP contribution is 2.31. The summed E-state index contributed by atoms with van der Waals surface area (Å²) in [5.41, 5.74) is 2.92. The molecule has 6 rings (SSSR count). The van der Waals surface area contributed by atoms with E-state index in [9.17, 15) is 18.4 Å².